The van der Waals surface area contributed by atoms with Gasteiger partial charge in [-0.05, 0) is 48.6 Å². The van der Waals surface area contributed by atoms with E-state index in [2.05, 4.69) is 40.9 Å². The quantitative estimate of drug-likeness (QED) is 0.724. The van der Waals surface area contributed by atoms with Crippen molar-refractivity contribution in [3.63, 3.8) is 0 Å². The van der Waals surface area contributed by atoms with E-state index in [9.17, 15) is 0 Å². The zero-order chi connectivity index (χ0) is 18.1. The van der Waals surface area contributed by atoms with Crippen LogP contribution in [0.1, 0.15) is 30.0 Å². The highest BCUT2D eigenvalue weighted by Crippen LogP contribution is 2.43. The molecule has 138 valence electrons. The van der Waals surface area contributed by atoms with Crippen molar-refractivity contribution < 1.29 is 9.47 Å². The Morgan fingerprint density at radius 3 is 2.67 bits per heavy atom. The molecule has 1 fully saturated rings. The van der Waals surface area contributed by atoms with Crippen molar-refractivity contribution in [3.05, 3.63) is 72.1 Å². The largest absolute Gasteiger partial charge is 0.486 e. The van der Waals surface area contributed by atoms with Crippen LogP contribution in [-0.2, 0) is 6.54 Å². The minimum Gasteiger partial charge on any atom is -0.486 e. The molecule has 1 aliphatic carbocycles. The number of rotatable bonds is 6. The molecule has 5 rings (SSSR count). The van der Waals surface area contributed by atoms with Gasteiger partial charge in [0.05, 0.1) is 11.9 Å². The third-order valence-electron chi connectivity index (χ3n) is 5.20. The Bertz CT molecular complexity index is 918. The van der Waals surface area contributed by atoms with Crippen molar-refractivity contribution in [2.45, 2.75) is 25.4 Å². The molecule has 1 aromatic heterocycles. The molecule has 0 radical (unpaired) electrons. The number of nitrogens with one attached hydrogen (secondary N) is 1. The molecule has 5 nitrogen and oxygen atoms in total. The standard InChI is InChI=1S/C22H23N3O2/c1-2-4-19(5-3-1)25-15-16(14-24-25)13-23-22(17-6-7-17)18-8-9-20-21(12-18)27-11-10-26-20/h1-5,8-9,12,14-15,17,22-23H,6-7,10-11,13H2. The molecule has 2 heterocycles. The molecule has 1 aliphatic heterocycles. The Hall–Kier alpha value is -2.79. The highest BCUT2D eigenvalue weighted by atomic mass is 16.6. The molecule has 27 heavy (non-hydrogen) atoms. The molecule has 0 spiro atoms. The van der Waals surface area contributed by atoms with E-state index < -0.39 is 0 Å². The first kappa shape index (κ1) is 16.4. The van der Waals surface area contributed by atoms with Gasteiger partial charge in [-0.1, -0.05) is 24.3 Å². The van der Waals surface area contributed by atoms with Gasteiger partial charge < -0.3 is 14.8 Å². The molecule has 3 aromatic rings. The van der Waals surface area contributed by atoms with E-state index >= 15 is 0 Å². The molecule has 1 N–H and O–H groups in total. The van der Waals surface area contributed by atoms with E-state index in [1.165, 1.54) is 24.0 Å². The fourth-order valence-electron chi connectivity index (χ4n) is 3.64. The average molecular weight is 361 g/mol. The second-order valence-electron chi connectivity index (χ2n) is 7.23. The van der Waals surface area contributed by atoms with Gasteiger partial charge in [-0.15, -0.1) is 0 Å². The number of aromatic nitrogens is 2. The number of hydrogen-bond donors (Lipinski definition) is 1. The summed E-state index contributed by atoms with van der Waals surface area (Å²) in [6, 6.07) is 16.9. The molecular weight excluding hydrogens is 338 g/mol. The van der Waals surface area contributed by atoms with Gasteiger partial charge in [-0.25, -0.2) is 4.68 Å². The highest BCUT2D eigenvalue weighted by Gasteiger charge is 2.32. The molecule has 2 aromatic carbocycles. The summed E-state index contributed by atoms with van der Waals surface area (Å²) in [5, 5.41) is 8.23. The maximum Gasteiger partial charge on any atom is 0.161 e. The Labute approximate surface area is 158 Å². The third-order valence-corrected chi connectivity index (χ3v) is 5.20. The molecule has 1 atom stereocenters. The number of para-hydroxylation sites is 1. The summed E-state index contributed by atoms with van der Waals surface area (Å²) < 4.78 is 13.3. The fourth-order valence-corrected chi connectivity index (χ4v) is 3.64. The third kappa shape index (κ3) is 3.55. The van der Waals surface area contributed by atoms with Gasteiger partial charge in [0.25, 0.3) is 0 Å². The van der Waals surface area contributed by atoms with Gasteiger partial charge in [0.1, 0.15) is 13.2 Å². The summed E-state index contributed by atoms with van der Waals surface area (Å²) in [5.41, 5.74) is 3.54. The zero-order valence-corrected chi connectivity index (χ0v) is 15.2. The Morgan fingerprint density at radius 2 is 1.85 bits per heavy atom. The van der Waals surface area contributed by atoms with E-state index in [0.29, 0.717) is 25.2 Å². The van der Waals surface area contributed by atoms with Gasteiger partial charge >= 0.3 is 0 Å². The van der Waals surface area contributed by atoms with E-state index in [-0.39, 0.29) is 0 Å². The maximum absolute atomic E-state index is 5.76. The van der Waals surface area contributed by atoms with Crippen molar-refractivity contribution in [1.29, 1.82) is 0 Å². The van der Waals surface area contributed by atoms with E-state index in [0.717, 1.165) is 23.7 Å². The van der Waals surface area contributed by atoms with Gasteiger partial charge in [-0.3, -0.25) is 0 Å². The van der Waals surface area contributed by atoms with Crippen molar-refractivity contribution in [2.75, 3.05) is 13.2 Å². The maximum atomic E-state index is 5.76. The van der Waals surface area contributed by atoms with Gasteiger partial charge in [0, 0.05) is 24.3 Å². The fraction of sp³-hybridized carbons (Fsp3) is 0.318. The number of nitrogens with zero attached hydrogens (tertiary/aromatic N) is 2. The first-order chi connectivity index (χ1) is 13.4. The molecule has 1 unspecified atom stereocenters. The lowest BCUT2D eigenvalue weighted by Crippen LogP contribution is -2.23. The molecule has 2 aliphatic rings. The average Bonchev–Trinajstić information content (AvgIpc) is 3.45. The number of benzene rings is 2. The van der Waals surface area contributed by atoms with Crippen LogP contribution >= 0.6 is 0 Å². The molecule has 0 saturated heterocycles. The van der Waals surface area contributed by atoms with E-state index in [4.69, 9.17) is 9.47 Å². The van der Waals surface area contributed by atoms with E-state index in [1.54, 1.807) is 0 Å². The summed E-state index contributed by atoms with van der Waals surface area (Å²) in [7, 11) is 0. The van der Waals surface area contributed by atoms with Crippen molar-refractivity contribution in [1.82, 2.24) is 15.1 Å². The molecule has 0 bridgehead atoms. The highest BCUT2D eigenvalue weighted by molar-refractivity contribution is 5.45. The lowest BCUT2D eigenvalue weighted by molar-refractivity contribution is 0.171. The van der Waals surface area contributed by atoms with Crippen LogP contribution in [0.4, 0.5) is 0 Å². The second kappa shape index (κ2) is 7.08. The van der Waals surface area contributed by atoms with Gasteiger partial charge in [-0.2, -0.15) is 5.10 Å². The smallest absolute Gasteiger partial charge is 0.161 e. The Balaban J connectivity index is 1.31. The second-order valence-corrected chi connectivity index (χ2v) is 7.23. The molecule has 1 saturated carbocycles. The molecule has 5 heteroatoms. The SMILES string of the molecule is c1ccc(-n2cc(CNC(c3ccc4c(c3)OCCO4)C3CC3)cn2)cc1. The number of fused-ring (bicyclic) bond motifs is 1. The Morgan fingerprint density at radius 1 is 1.04 bits per heavy atom. The van der Waals surface area contributed by atoms with Crippen molar-refractivity contribution in [2.24, 2.45) is 5.92 Å². The van der Waals surface area contributed by atoms with Crippen molar-refractivity contribution >= 4 is 0 Å². The normalized spacial score (nSPS) is 16.9. The topological polar surface area (TPSA) is 48.3 Å². The Kier molecular flexibility index (Phi) is 4.30. The van der Waals surface area contributed by atoms with Crippen LogP contribution in [0.15, 0.2) is 60.9 Å². The lowest BCUT2D eigenvalue weighted by Gasteiger charge is -2.23. The first-order valence-corrected chi connectivity index (χ1v) is 9.59. The monoisotopic (exact) mass is 361 g/mol. The van der Waals surface area contributed by atoms with E-state index in [1.807, 2.05) is 35.1 Å². The van der Waals surface area contributed by atoms with Crippen LogP contribution < -0.4 is 14.8 Å². The number of ether oxygens (including phenoxy) is 2. The number of hydrogen-bond acceptors (Lipinski definition) is 4. The van der Waals surface area contributed by atoms with Gasteiger partial charge in [0.15, 0.2) is 11.5 Å². The summed E-state index contributed by atoms with van der Waals surface area (Å²) in [4.78, 5) is 0. The molecule has 0 amide bonds. The zero-order valence-electron chi connectivity index (χ0n) is 15.2. The van der Waals surface area contributed by atoms with Crippen molar-refractivity contribution in [3.8, 4) is 17.2 Å². The summed E-state index contributed by atoms with van der Waals surface area (Å²) in [6.07, 6.45) is 6.58. The van der Waals surface area contributed by atoms with Crippen LogP contribution in [0.25, 0.3) is 5.69 Å². The van der Waals surface area contributed by atoms with Crippen LogP contribution in [0, 0.1) is 5.92 Å². The lowest BCUT2D eigenvalue weighted by atomic mass is 10.0. The molecular formula is C22H23N3O2. The summed E-state index contributed by atoms with van der Waals surface area (Å²) >= 11 is 0. The predicted molar refractivity (Wildman–Crippen MR) is 103 cm³/mol. The van der Waals surface area contributed by atoms with Crippen LogP contribution in [-0.4, -0.2) is 23.0 Å². The van der Waals surface area contributed by atoms with Crippen LogP contribution in [0.3, 0.4) is 0 Å². The minimum atomic E-state index is 0.334. The van der Waals surface area contributed by atoms with Gasteiger partial charge in [0.2, 0.25) is 0 Å². The summed E-state index contributed by atoms with van der Waals surface area (Å²) in [6.45, 7) is 2.04. The van der Waals surface area contributed by atoms with Crippen LogP contribution in [0.5, 0.6) is 11.5 Å². The van der Waals surface area contributed by atoms with Crippen LogP contribution in [0.2, 0.25) is 0 Å². The first-order valence-electron chi connectivity index (χ1n) is 9.59. The minimum absolute atomic E-state index is 0.334. The predicted octanol–water partition coefficient (Wildman–Crippen LogP) is 3.88. The summed E-state index contributed by atoms with van der Waals surface area (Å²) in [5.74, 6) is 2.41.